The Bertz CT molecular complexity index is 391. The number of rotatable bonds is 8. The molecule has 1 aromatic rings. The van der Waals surface area contributed by atoms with Gasteiger partial charge in [0.05, 0.1) is 18.3 Å². The zero-order valence-electron chi connectivity index (χ0n) is 12.0. The molecule has 0 radical (unpaired) electrons. The number of hydrogen-bond donors (Lipinski definition) is 2. The number of carbonyl (C=O) groups is 1. The van der Waals surface area contributed by atoms with Gasteiger partial charge in [-0.1, -0.05) is 25.5 Å². The molecule has 106 valence electrons. The predicted molar refractivity (Wildman–Crippen MR) is 78.6 cm³/mol. The van der Waals surface area contributed by atoms with Gasteiger partial charge in [-0.3, -0.25) is 4.79 Å². The van der Waals surface area contributed by atoms with Crippen molar-refractivity contribution in [1.29, 1.82) is 0 Å². The highest BCUT2D eigenvalue weighted by molar-refractivity contribution is 5.81. The second-order valence-electron chi connectivity index (χ2n) is 4.72. The summed E-state index contributed by atoms with van der Waals surface area (Å²) < 4.78 is 5.68. The molecule has 2 N–H and O–H groups in total. The smallest absolute Gasteiger partial charge is 0.239 e. The molecule has 0 bridgehead atoms. The summed E-state index contributed by atoms with van der Waals surface area (Å²) in [6.07, 6.45) is 2.21. The minimum absolute atomic E-state index is 0.00722. The molecule has 4 heteroatoms. The molecule has 19 heavy (non-hydrogen) atoms. The third-order valence-corrected chi connectivity index (χ3v) is 2.54. The minimum atomic E-state index is 0.00722. The minimum Gasteiger partial charge on any atom is -0.489 e. The quantitative estimate of drug-likeness (QED) is 0.710. The first-order chi connectivity index (χ1) is 9.13. The van der Waals surface area contributed by atoms with Crippen molar-refractivity contribution in [3.8, 4) is 5.75 Å². The summed E-state index contributed by atoms with van der Waals surface area (Å²) in [6, 6.07) is 7.66. The molecule has 0 aliphatic carbocycles. The third-order valence-electron chi connectivity index (χ3n) is 2.54. The van der Waals surface area contributed by atoms with Gasteiger partial charge in [0.25, 0.3) is 0 Å². The second-order valence-corrected chi connectivity index (χ2v) is 4.72. The van der Waals surface area contributed by atoms with Gasteiger partial charge in [0.1, 0.15) is 5.75 Å². The van der Waals surface area contributed by atoms with E-state index in [-0.39, 0.29) is 18.6 Å². The topological polar surface area (TPSA) is 50.4 Å². The molecule has 0 saturated heterocycles. The standard InChI is InChI=1S/C15H24N2O2/c1-4-5-10-16-15(18)11-17-13-8-6-7-9-14(13)19-12(2)3/h6-9,12,17H,4-5,10-11H2,1-3H3,(H,16,18). The molecule has 1 rings (SSSR count). The molecule has 0 aliphatic rings. The number of ether oxygens (including phenoxy) is 1. The van der Waals surface area contributed by atoms with Crippen molar-refractivity contribution >= 4 is 11.6 Å². The van der Waals surface area contributed by atoms with Gasteiger partial charge >= 0.3 is 0 Å². The number of amides is 1. The van der Waals surface area contributed by atoms with Crippen LogP contribution in [0.1, 0.15) is 33.6 Å². The molecule has 0 atom stereocenters. The van der Waals surface area contributed by atoms with Crippen molar-refractivity contribution in [2.24, 2.45) is 0 Å². The van der Waals surface area contributed by atoms with Crippen LogP contribution in [0.25, 0.3) is 0 Å². The molecular formula is C15H24N2O2. The summed E-state index contributed by atoms with van der Waals surface area (Å²) in [6.45, 7) is 7.07. The molecule has 0 spiro atoms. The Labute approximate surface area is 115 Å². The van der Waals surface area contributed by atoms with Crippen LogP contribution in [0, 0.1) is 0 Å². The summed E-state index contributed by atoms with van der Waals surface area (Å²) >= 11 is 0. The maximum absolute atomic E-state index is 11.6. The maximum atomic E-state index is 11.6. The van der Waals surface area contributed by atoms with Gasteiger partial charge in [-0.15, -0.1) is 0 Å². The van der Waals surface area contributed by atoms with Gasteiger partial charge < -0.3 is 15.4 Å². The molecular weight excluding hydrogens is 240 g/mol. The number of benzene rings is 1. The van der Waals surface area contributed by atoms with Crippen molar-refractivity contribution < 1.29 is 9.53 Å². The van der Waals surface area contributed by atoms with E-state index >= 15 is 0 Å². The number of anilines is 1. The molecule has 4 nitrogen and oxygen atoms in total. The van der Waals surface area contributed by atoms with Crippen LogP contribution in [-0.2, 0) is 4.79 Å². The van der Waals surface area contributed by atoms with Gasteiger partial charge in [0.2, 0.25) is 5.91 Å². The van der Waals surface area contributed by atoms with E-state index in [1.165, 1.54) is 0 Å². The van der Waals surface area contributed by atoms with E-state index in [4.69, 9.17) is 4.74 Å². The van der Waals surface area contributed by atoms with E-state index in [1.54, 1.807) is 0 Å². The van der Waals surface area contributed by atoms with Crippen molar-refractivity contribution in [3.63, 3.8) is 0 Å². The van der Waals surface area contributed by atoms with Crippen molar-refractivity contribution in [3.05, 3.63) is 24.3 Å². The second kappa shape index (κ2) is 8.40. The average Bonchev–Trinajstić information content (AvgIpc) is 2.37. The lowest BCUT2D eigenvalue weighted by Gasteiger charge is -2.15. The summed E-state index contributed by atoms with van der Waals surface area (Å²) in [5.74, 6) is 0.784. The Morgan fingerprint density at radius 2 is 2.05 bits per heavy atom. The zero-order valence-corrected chi connectivity index (χ0v) is 12.0. The number of carbonyl (C=O) groups excluding carboxylic acids is 1. The lowest BCUT2D eigenvalue weighted by molar-refractivity contribution is -0.119. The van der Waals surface area contributed by atoms with Crippen molar-refractivity contribution in [1.82, 2.24) is 5.32 Å². The van der Waals surface area contributed by atoms with Crippen LogP contribution >= 0.6 is 0 Å². The fourth-order valence-corrected chi connectivity index (χ4v) is 1.61. The van der Waals surface area contributed by atoms with E-state index in [1.807, 2.05) is 38.1 Å². The first-order valence-corrected chi connectivity index (χ1v) is 6.89. The highest BCUT2D eigenvalue weighted by Gasteiger charge is 2.06. The number of hydrogen-bond acceptors (Lipinski definition) is 3. The first-order valence-electron chi connectivity index (χ1n) is 6.89. The zero-order chi connectivity index (χ0) is 14.1. The van der Waals surface area contributed by atoms with Crippen LogP contribution in [0.3, 0.4) is 0 Å². The van der Waals surface area contributed by atoms with Gasteiger partial charge in [-0.05, 0) is 32.4 Å². The van der Waals surface area contributed by atoms with Crippen molar-refractivity contribution in [2.45, 2.75) is 39.7 Å². The summed E-state index contributed by atoms with van der Waals surface area (Å²) in [5, 5.41) is 5.98. The Morgan fingerprint density at radius 1 is 1.32 bits per heavy atom. The SMILES string of the molecule is CCCCNC(=O)CNc1ccccc1OC(C)C. The lowest BCUT2D eigenvalue weighted by Crippen LogP contribution is -2.30. The normalized spacial score (nSPS) is 10.3. The number of para-hydroxylation sites is 2. The van der Waals surface area contributed by atoms with Gasteiger partial charge in [0, 0.05) is 6.54 Å². The Hall–Kier alpha value is -1.71. The van der Waals surface area contributed by atoms with Gasteiger partial charge in [-0.2, -0.15) is 0 Å². The third kappa shape index (κ3) is 6.13. The molecule has 0 unspecified atom stereocenters. The summed E-state index contributed by atoms with van der Waals surface area (Å²) in [4.78, 5) is 11.6. The highest BCUT2D eigenvalue weighted by Crippen LogP contribution is 2.24. The van der Waals surface area contributed by atoms with Crippen LogP contribution in [0.15, 0.2) is 24.3 Å². The number of nitrogens with one attached hydrogen (secondary N) is 2. The van der Waals surface area contributed by atoms with E-state index < -0.39 is 0 Å². The van der Waals surface area contributed by atoms with Crippen LogP contribution in [0.5, 0.6) is 5.75 Å². The van der Waals surface area contributed by atoms with Crippen molar-refractivity contribution in [2.75, 3.05) is 18.4 Å². The molecule has 0 fully saturated rings. The van der Waals surface area contributed by atoms with E-state index in [0.717, 1.165) is 30.8 Å². The fraction of sp³-hybridized carbons (Fsp3) is 0.533. The predicted octanol–water partition coefficient (Wildman–Crippen LogP) is 2.80. The Morgan fingerprint density at radius 3 is 2.74 bits per heavy atom. The lowest BCUT2D eigenvalue weighted by atomic mass is 10.3. The summed E-state index contributed by atoms with van der Waals surface area (Å²) in [7, 11) is 0. The maximum Gasteiger partial charge on any atom is 0.239 e. The molecule has 0 aromatic heterocycles. The number of unbranched alkanes of at least 4 members (excludes halogenated alkanes) is 1. The first kappa shape index (κ1) is 15.3. The van der Waals surface area contributed by atoms with E-state index in [9.17, 15) is 4.79 Å². The highest BCUT2D eigenvalue weighted by atomic mass is 16.5. The van der Waals surface area contributed by atoms with Crippen LogP contribution in [0.2, 0.25) is 0 Å². The van der Waals surface area contributed by atoms with Crippen LogP contribution < -0.4 is 15.4 Å². The van der Waals surface area contributed by atoms with Gasteiger partial charge in [0.15, 0.2) is 0 Å². The van der Waals surface area contributed by atoms with Gasteiger partial charge in [-0.25, -0.2) is 0 Å². The molecule has 0 aliphatic heterocycles. The molecule has 0 heterocycles. The molecule has 0 saturated carbocycles. The monoisotopic (exact) mass is 264 g/mol. The van der Waals surface area contributed by atoms with Crippen LogP contribution in [-0.4, -0.2) is 25.1 Å². The van der Waals surface area contributed by atoms with E-state index in [0.29, 0.717) is 0 Å². The summed E-state index contributed by atoms with van der Waals surface area (Å²) in [5.41, 5.74) is 0.849. The molecule has 1 amide bonds. The average molecular weight is 264 g/mol. The van der Waals surface area contributed by atoms with E-state index in [2.05, 4.69) is 17.6 Å². The largest absolute Gasteiger partial charge is 0.489 e. The van der Waals surface area contributed by atoms with Crippen LogP contribution in [0.4, 0.5) is 5.69 Å². The molecule has 1 aromatic carbocycles. The Balaban J connectivity index is 2.46. The fourth-order valence-electron chi connectivity index (χ4n) is 1.61. The Kier molecular flexibility index (Phi) is 6.79.